The van der Waals surface area contributed by atoms with E-state index >= 15 is 0 Å². The first-order valence-corrected chi connectivity index (χ1v) is 13.9. The van der Waals surface area contributed by atoms with Gasteiger partial charge < -0.3 is 24.8 Å². The quantitative estimate of drug-likeness (QED) is 0.177. The predicted molar refractivity (Wildman–Crippen MR) is 159 cm³/mol. The summed E-state index contributed by atoms with van der Waals surface area (Å²) < 4.78 is 12.2. The third kappa shape index (κ3) is 5.62. The number of thiophene rings is 1. The second-order valence-electron chi connectivity index (χ2n) is 9.42. The minimum Gasteiger partial charge on any atom is -0.464 e. The van der Waals surface area contributed by atoms with E-state index in [0.717, 1.165) is 39.8 Å². The van der Waals surface area contributed by atoms with Gasteiger partial charge in [-0.3, -0.25) is 4.79 Å². The number of para-hydroxylation sites is 1. The highest BCUT2D eigenvalue weighted by Gasteiger charge is 2.12. The number of furan rings is 2. The van der Waals surface area contributed by atoms with Crippen molar-refractivity contribution in [1.29, 1.82) is 0 Å². The Morgan fingerprint density at radius 3 is 2.35 bits per heavy atom. The van der Waals surface area contributed by atoms with Gasteiger partial charge in [-0.05, 0) is 94.4 Å². The molecule has 0 radical (unpaired) electrons. The lowest BCUT2D eigenvalue weighted by Crippen LogP contribution is -2.30. The first-order valence-electron chi connectivity index (χ1n) is 13.1. The molecule has 200 valence electrons. The zero-order valence-corrected chi connectivity index (χ0v) is 22.4. The van der Waals surface area contributed by atoms with Crippen molar-refractivity contribution in [1.82, 2.24) is 10.6 Å². The zero-order valence-electron chi connectivity index (χ0n) is 21.6. The average Bonchev–Trinajstić information content (AvgIpc) is 3.74. The molecular formula is C32H27N3O4S. The highest BCUT2D eigenvalue weighted by molar-refractivity contribution is 7.17. The molecule has 40 heavy (non-hydrogen) atoms. The van der Waals surface area contributed by atoms with Crippen molar-refractivity contribution < 1.29 is 18.4 Å². The molecule has 0 spiro atoms. The fourth-order valence-corrected chi connectivity index (χ4v) is 5.70. The number of hydrogen-bond donors (Lipinski definition) is 3. The molecule has 0 bridgehead atoms. The fourth-order valence-electron chi connectivity index (χ4n) is 4.72. The summed E-state index contributed by atoms with van der Waals surface area (Å²) in [6, 6.07) is 25.2. The van der Waals surface area contributed by atoms with Crippen LogP contribution in [-0.2, 0) is 12.8 Å². The van der Waals surface area contributed by atoms with Gasteiger partial charge in [-0.15, -0.1) is 11.3 Å². The summed E-state index contributed by atoms with van der Waals surface area (Å²) >= 11 is 1.71. The number of rotatable bonds is 9. The minimum absolute atomic E-state index is 0.207. The van der Waals surface area contributed by atoms with E-state index in [1.54, 1.807) is 29.7 Å². The molecule has 6 aromatic rings. The van der Waals surface area contributed by atoms with Crippen molar-refractivity contribution in [2.24, 2.45) is 0 Å². The maximum atomic E-state index is 12.2. The van der Waals surface area contributed by atoms with Crippen LogP contribution in [-0.4, -0.2) is 25.0 Å². The van der Waals surface area contributed by atoms with Crippen molar-refractivity contribution in [3.05, 3.63) is 114 Å². The second kappa shape index (κ2) is 11.5. The van der Waals surface area contributed by atoms with Gasteiger partial charge in [0, 0.05) is 28.9 Å². The van der Waals surface area contributed by atoms with Crippen molar-refractivity contribution in [2.45, 2.75) is 12.8 Å². The van der Waals surface area contributed by atoms with E-state index in [2.05, 4.69) is 51.7 Å². The van der Waals surface area contributed by atoms with Crippen molar-refractivity contribution in [2.75, 3.05) is 18.4 Å². The monoisotopic (exact) mass is 549 g/mol. The number of anilines is 1. The number of nitrogens with one attached hydrogen (secondary N) is 3. The van der Waals surface area contributed by atoms with Gasteiger partial charge in [0.05, 0.1) is 12.5 Å². The average molecular weight is 550 g/mol. The number of amides is 3. The van der Waals surface area contributed by atoms with Crippen LogP contribution >= 0.6 is 11.3 Å². The van der Waals surface area contributed by atoms with Gasteiger partial charge >= 0.3 is 6.03 Å². The normalized spacial score (nSPS) is 11.1. The Hall–Kier alpha value is -4.82. The van der Waals surface area contributed by atoms with E-state index in [1.165, 1.54) is 21.9 Å². The topological polar surface area (TPSA) is 96.5 Å². The van der Waals surface area contributed by atoms with Crippen LogP contribution in [0.25, 0.3) is 32.2 Å². The van der Waals surface area contributed by atoms with Crippen molar-refractivity contribution in [3.8, 4) is 11.1 Å². The van der Waals surface area contributed by atoms with E-state index in [4.69, 9.17) is 8.83 Å². The SMILES string of the molecule is O=C(NCCc1coc2ccc(-c3ccc4scc(CCNC(=O)c5ccco5)c4c3)cc12)Nc1ccccc1. The smallest absolute Gasteiger partial charge is 0.319 e. The Balaban J connectivity index is 1.13. The van der Waals surface area contributed by atoms with Crippen LogP contribution in [0, 0.1) is 0 Å². The molecule has 3 heterocycles. The van der Waals surface area contributed by atoms with Crippen LogP contribution in [0.4, 0.5) is 10.5 Å². The Kier molecular flexibility index (Phi) is 7.32. The molecular weight excluding hydrogens is 522 g/mol. The lowest BCUT2D eigenvalue weighted by molar-refractivity contribution is 0.0926. The number of carbonyl (C=O) groups excluding carboxylic acids is 2. The summed E-state index contributed by atoms with van der Waals surface area (Å²) in [5.41, 5.74) is 6.02. The molecule has 0 saturated carbocycles. The fraction of sp³-hybridized carbons (Fsp3) is 0.125. The standard InChI is InChI=1S/C32H27N3O4S/c36-31(29-7-4-16-38-29)33-14-13-24-20-40-30-11-9-22(18-27(24)30)21-8-10-28-26(17-21)23(19-39-28)12-15-34-32(37)35-25-5-2-1-3-6-25/h1-11,16-20H,12-15H2,(H,33,36)(H2,34,35,37). The van der Waals surface area contributed by atoms with E-state index in [1.807, 2.05) is 36.4 Å². The number of carbonyl (C=O) groups is 2. The number of benzene rings is 3. The number of fused-ring (bicyclic) bond motifs is 2. The summed E-state index contributed by atoms with van der Waals surface area (Å²) in [4.78, 5) is 24.4. The van der Waals surface area contributed by atoms with E-state index in [9.17, 15) is 9.59 Å². The summed E-state index contributed by atoms with van der Waals surface area (Å²) in [7, 11) is 0. The Labute approximate surface area is 234 Å². The van der Waals surface area contributed by atoms with Gasteiger partial charge in [-0.2, -0.15) is 0 Å². The van der Waals surface area contributed by atoms with Crippen molar-refractivity contribution in [3.63, 3.8) is 0 Å². The molecule has 3 aromatic carbocycles. The highest BCUT2D eigenvalue weighted by Crippen LogP contribution is 2.33. The first-order chi connectivity index (χ1) is 19.6. The zero-order chi connectivity index (χ0) is 27.3. The molecule has 3 aromatic heterocycles. The first kappa shape index (κ1) is 25.5. The van der Waals surface area contributed by atoms with Crippen LogP contribution in [0.2, 0.25) is 0 Å². The molecule has 0 aliphatic carbocycles. The maximum absolute atomic E-state index is 12.2. The molecule has 0 atom stereocenters. The van der Waals surface area contributed by atoms with E-state index < -0.39 is 0 Å². The molecule has 0 aliphatic rings. The van der Waals surface area contributed by atoms with Gasteiger partial charge in [-0.1, -0.05) is 30.3 Å². The Morgan fingerprint density at radius 1 is 0.750 bits per heavy atom. The third-order valence-electron chi connectivity index (χ3n) is 6.78. The molecule has 0 fully saturated rings. The summed E-state index contributed by atoms with van der Waals surface area (Å²) in [6.07, 6.45) is 4.64. The molecule has 0 unspecified atom stereocenters. The molecule has 3 N–H and O–H groups in total. The minimum atomic E-state index is -0.236. The lowest BCUT2D eigenvalue weighted by Gasteiger charge is -2.07. The van der Waals surface area contributed by atoms with Gasteiger partial charge in [-0.25, -0.2) is 4.79 Å². The molecule has 8 heteroatoms. The van der Waals surface area contributed by atoms with Crippen LogP contribution in [0.3, 0.4) is 0 Å². The summed E-state index contributed by atoms with van der Waals surface area (Å²) in [5.74, 6) is 0.110. The largest absolute Gasteiger partial charge is 0.464 e. The summed E-state index contributed by atoms with van der Waals surface area (Å²) in [5, 5.41) is 13.1. The Bertz CT molecular complexity index is 1770. The van der Waals surface area contributed by atoms with Gasteiger partial charge in [0.15, 0.2) is 5.76 Å². The van der Waals surface area contributed by atoms with Crippen LogP contribution in [0.5, 0.6) is 0 Å². The molecule has 0 saturated heterocycles. The lowest BCUT2D eigenvalue weighted by atomic mass is 9.99. The number of urea groups is 1. The molecule has 3 amide bonds. The molecule has 6 rings (SSSR count). The van der Waals surface area contributed by atoms with Gasteiger partial charge in [0.1, 0.15) is 5.58 Å². The van der Waals surface area contributed by atoms with Crippen LogP contribution < -0.4 is 16.0 Å². The predicted octanol–water partition coefficient (Wildman–Crippen LogP) is 7.24. The van der Waals surface area contributed by atoms with E-state index in [-0.39, 0.29) is 11.9 Å². The van der Waals surface area contributed by atoms with Crippen molar-refractivity contribution >= 4 is 50.0 Å². The third-order valence-corrected chi connectivity index (χ3v) is 7.79. The van der Waals surface area contributed by atoms with Crippen LogP contribution in [0.15, 0.2) is 106 Å². The maximum Gasteiger partial charge on any atom is 0.319 e. The van der Waals surface area contributed by atoms with Gasteiger partial charge in [0.2, 0.25) is 0 Å². The number of hydrogen-bond acceptors (Lipinski definition) is 5. The molecule has 0 aliphatic heterocycles. The summed E-state index contributed by atoms with van der Waals surface area (Å²) in [6.45, 7) is 1.01. The second-order valence-corrected chi connectivity index (χ2v) is 10.3. The molecule has 7 nitrogen and oxygen atoms in total. The van der Waals surface area contributed by atoms with Gasteiger partial charge in [0.25, 0.3) is 5.91 Å². The van der Waals surface area contributed by atoms with E-state index in [0.29, 0.717) is 25.3 Å². The Morgan fingerprint density at radius 2 is 1.52 bits per heavy atom. The van der Waals surface area contributed by atoms with Crippen LogP contribution in [0.1, 0.15) is 21.7 Å². The highest BCUT2D eigenvalue weighted by atomic mass is 32.1.